The number of hydrogen-bond acceptors (Lipinski definition) is 3. The Bertz CT molecular complexity index is 817. The second-order valence-corrected chi connectivity index (χ2v) is 6.43. The molecule has 1 aliphatic rings. The van der Waals surface area contributed by atoms with E-state index in [2.05, 4.69) is 47.9 Å². The molecule has 0 aromatic heterocycles. The van der Waals surface area contributed by atoms with E-state index in [0.717, 1.165) is 23.3 Å². The van der Waals surface area contributed by atoms with E-state index in [1.807, 2.05) is 12.1 Å². The quantitative estimate of drug-likeness (QED) is 0.869. The highest BCUT2D eigenvalue weighted by Crippen LogP contribution is 2.36. The molecule has 5 nitrogen and oxygen atoms in total. The van der Waals surface area contributed by atoms with Crippen LogP contribution in [0, 0.1) is 0 Å². The van der Waals surface area contributed by atoms with Gasteiger partial charge in [0.05, 0.1) is 19.2 Å². The number of hydrogen-bond donors (Lipinski definition) is 2. The molecule has 0 spiro atoms. The fourth-order valence-electron chi connectivity index (χ4n) is 3.27. The Labute approximate surface area is 153 Å². The maximum atomic E-state index is 12.1. The summed E-state index contributed by atoms with van der Waals surface area (Å²) in [6.45, 7) is 4.09. The molecule has 2 amide bonds. The van der Waals surface area contributed by atoms with Gasteiger partial charge in [0.2, 0.25) is 11.8 Å². The van der Waals surface area contributed by atoms with Crippen molar-refractivity contribution in [2.24, 2.45) is 0 Å². The highest BCUT2D eigenvalue weighted by atomic mass is 16.5. The molecule has 0 saturated heterocycles. The van der Waals surface area contributed by atoms with E-state index in [4.69, 9.17) is 4.74 Å². The molecule has 136 valence electrons. The lowest BCUT2D eigenvalue weighted by molar-refractivity contribution is -0.125. The normalized spacial score (nSPS) is 15.5. The number of amides is 2. The van der Waals surface area contributed by atoms with Gasteiger partial charge >= 0.3 is 0 Å². The highest BCUT2D eigenvalue weighted by Gasteiger charge is 2.24. The lowest BCUT2D eigenvalue weighted by Gasteiger charge is -2.27. The number of carbonyl (C=O) groups is 2. The summed E-state index contributed by atoms with van der Waals surface area (Å²) < 4.78 is 5.76. The molecular formula is C21H24N2O3. The van der Waals surface area contributed by atoms with Crippen LogP contribution in [-0.2, 0) is 16.0 Å². The Balaban J connectivity index is 1.86. The number of aryl methyl sites for hydroxylation is 1. The van der Waals surface area contributed by atoms with E-state index in [-0.39, 0.29) is 24.4 Å². The van der Waals surface area contributed by atoms with Crippen molar-refractivity contribution in [2.75, 3.05) is 13.2 Å². The van der Waals surface area contributed by atoms with Crippen LogP contribution < -0.4 is 15.4 Å². The lowest BCUT2D eigenvalue weighted by atomic mass is 9.93. The molecule has 0 saturated carbocycles. The Kier molecular flexibility index (Phi) is 5.56. The molecular weight excluding hydrogens is 328 g/mol. The molecule has 2 aromatic rings. The molecule has 1 atom stereocenters. The van der Waals surface area contributed by atoms with Crippen LogP contribution in [0.2, 0.25) is 0 Å². The van der Waals surface area contributed by atoms with Crippen molar-refractivity contribution in [1.82, 2.24) is 10.6 Å². The minimum Gasteiger partial charge on any atom is -0.493 e. The van der Waals surface area contributed by atoms with Crippen LogP contribution in [0.1, 0.15) is 37.4 Å². The van der Waals surface area contributed by atoms with Gasteiger partial charge in [0.1, 0.15) is 5.75 Å². The Morgan fingerprint density at radius 3 is 2.77 bits per heavy atom. The fourth-order valence-corrected chi connectivity index (χ4v) is 3.27. The van der Waals surface area contributed by atoms with Crippen molar-refractivity contribution in [3.05, 3.63) is 53.6 Å². The predicted octanol–water partition coefficient (Wildman–Crippen LogP) is 2.99. The van der Waals surface area contributed by atoms with Gasteiger partial charge in [-0.05, 0) is 35.2 Å². The third-order valence-electron chi connectivity index (χ3n) is 4.59. The minimum absolute atomic E-state index is 0.0135. The molecule has 1 heterocycles. The standard InChI is InChI=1S/C21H24N2O3/c1-3-15-6-4-5-7-17(15)16-8-9-20-18(12-16)19(10-11-26-20)23-21(25)13-22-14(2)24/h4-9,12,19H,3,10-11,13H2,1-2H3,(H,22,24)(H,23,25). The monoisotopic (exact) mass is 352 g/mol. The highest BCUT2D eigenvalue weighted by molar-refractivity contribution is 5.84. The van der Waals surface area contributed by atoms with E-state index in [0.29, 0.717) is 13.0 Å². The van der Waals surface area contributed by atoms with Gasteiger partial charge in [-0.1, -0.05) is 37.3 Å². The number of benzene rings is 2. The molecule has 5 heteroatoms. The molecule has 1 unspecified atom stereocenters. The summed E-state index contributed by atoms with van der Waals surface area (Å²) in [5.41, 5.74) is 4.59. The molecule has 0 aliphatic carbocycles. The summed E-state index contributed by atoms with van der Waals surface area (Å²) in [6.07, 6.45) is 1.67. The third-order valence-corrected chi connectivity index (χ3v) is 4.59. The summed E-state index contributed by atoms with van der Waals surface area (Å²) in [5, 5.41) is 5.53. The average molecular weight is 352 g/mol. The summed E-state index contributed by atoms with van der Waals surface area (Å²) in [4.78, 5) is 23.1. The van der Waals surface area contributed by atoms with Crippen molar-refractivity contribution in [3.8, 4) is 16.9 Å². The molecule has 0 radical (unpaired) electrons. The first-order valence-corrected chi connectivity index (χ1v) is 8.97. The first kappa shape index (κ1) is 18.0. The second kappa shape index (κ2) is 8.04. The molecule has 0 bridgehead atoms. The lowest BCUT2D eigenvalue weighted by Crippen LogP contribution is -2.39. The zero-order chi connectivity index (χ0) is 18.5. The van der Waals surface area contributed by atoms with Crippen LogP contribution in [0.3, 0.4) is 0 Å². The van der Waals surface area contributed by atoms with Gasteiger partial charge in [0, 0.05) is 18.9 Å². The topological polar surface area (TPSA) is 67.4 Å². The van der Waals surface area contributed by atoms with Gasteiger partial charge in [-0.25, -0.2) is 0 Å². The zero-order valence-corrected chi connectivity index (χ0v) is 15.2. The molecule has 2 N–H and O–H groups in total. The van der Waals surface area contributed by atoms with Gasteiger partial charge < -0.3 is 15.4 Å². The number of carbonyl (C=O) groups excluding carboxylic acids is 2. The molecule has 0 fully saturated rings. The molecule has 26 heavy (non-hydrogen) atoms. The van der Waals surface area contributed by atoms with E-state index in [1.54, 1.807) is 0 Å². The van der Waals surface area contributed by atoms with Gasteiger partial charge in [-0.2, -0.15) is 0 Å². The van der Waals surface area contributed by atoms with Crippen LogP contribution in [0.15, 0.2) is 42.5 Å². The number of ether oxygens (including phenoxy) is 1. The van der Waals surface area contributed by atoms with Crippen molar-refractivity contribution in [2.45, 2.75) is 32.7 Å². The summed E-state index contributed by atoms with van der Waals surface area (Å²) >= 11 is 0. The Morgan fingerprint density at radius 2 is 2.00 bits per heavy atom. The second-order valence-electron chi connectivity index (χ2n) is 6.43. The van der Waals surface area contributed by atoms with Crippen LogP contribution in [0.5, 0.6) is 5.75 Å². The summed E-state index contributed by atoms with van der Waals surface area (Å²) in [5.74, 6) is 0.391. The van der Waals surface area contributed by atoms with Gasteiger partial charge in [0.25, 0.3) is 0 Å². The predicted molar refractivity (Wildman–Crippen MR) is 101 cm³/mol. The zero-order valence-electron chi connectivity index (χ0n) is 15.2. The van der Waals surface area contributed by atoms with Crippen molar-refractivity contribution in [3.63, 3.8) is 0 Å². The van der Waals surface area contributed by atoms with Crippen LogP contribution in [0.25, 0.3) is 11.1 Å². The SMILES string of the molecule is CCc1ccccc1-c1ccc2c(c1)C(NC(=O)CNC(C)=O)CCO2. The van der Waals surface area contributed by atoms with Crippen molar-refractivity contribution < 1.29 is 14.3 Å². The average Bonchev–Trinajstić information content (AvgIpc) is 2.66. The first-order valence-electron chi connectivity index (χ1n) is 8.97. The third kappa shape index (κ3) is 4.04. The van der Waals surface area contributed by atoms with E-state index in [1.165, 1.54) is 18.1 Å². The smallest absolute Gasteiger partial charge is 0.239 e. The maximum absolute atomic E-state index is 12.1. The van der Waals surface area contributed by atoms with Crippen LogP contribution in [0.4, 0.5) is 0 Å². The van der Waals surface area contributed by atoms with Crippen molar-refractivity contribution >= 4 is 11.8 Å². The number of rotatable bonds is 5. The summed E-state index contributed by atoms with van der Waals surface area (Å²) in [6, 6.07) is 14.4. The first-order chi connectivity index (χ1) is 12.6. The minimum atomic E-state index is -0.217. The Hall–Kier alpha value is -2.82. The van der Waals surface area contributed by atoms with Crippen molar-refractivity contribution in [1.29, 1.82) is 0 Å². The molecule has 3 rings (SSSR count). The molecule has 2 aromatic carbocycles. The largest absolute Gasteiger partial charge is 0.493 e. The van der Waals surface area contributed by atoms with Gasteiger partial charge in [0.15, 0.2) is 0 Å². The number of nitrogens with one attached hydrogen (secondary N) is 2. The van der Waals surface area contributed by atoms with E-state index < -0.39 is 0 Å². The van der Waals surface area contributed by atoms with Crippen LogP contribution in [-0.4, -0.2) is 25.0 Å². The number of fused-ring (bicyclic) bond motifs is 1. The molecule has 1 aliphatic heterocycles. The van der Waals surface area contributed by atoms with Crippen LogP contribution >= 0.6 is 0 Å². The Morgan fingerprint density at radius 1 is 1.19 bits per heavy atom. The van der Waals surface area contributed by atoms with E-state index >= 15 is 0 Å². The maximum Gasteiger partial charge on any atom is 0.239 e. The van der Waals surface area contributed by atoms with Gasteiger partial charge in [-0.15, -0.1) is 0 Å². The summed E-state index contributed by atoms with van der Waals surface area (Å²) in [7, 11) is 0. The van der Waals surface area contributed by atoms with E-state index in [9.17, 15) is 9.59 Å². The van der Waals surface area contributed by atoms with Gasteiger partial charge in [-0.3, -0.25) is 9.59 Å². The fraction of sp³-hybridized carbons (Fsp3) is 0.333.